The van der Waals surface area contributed by atoms with Crippen molar-refractivity contribution in [1.82, 2.24) is 0 Å². The third-order valence-electron chi connectivity index (χ3n) is 2.79. The third-order valence-corrected chi connectivity index (χ3v) is 3.14. The summed E-state index contributed by atoms with van der Waals surface area (Å²) in [5.74, 6) is 0.0123. The summed E-state index contributed by atoms with van der Waals surface area (Å²) in [4.78, 5) is 23.5. The SMILES string of the molecule is Cc1cc(N2CC(S)CC2=O)ccc1[N+](=O)[O-]. The maximum atomic E-state index is 11.7. The van der Waals surface area contributed by atoms with E-state index >= 15 is 0 Å². The van der Waals surface area contributed by atoms with E-state index in [1.54, 1.807) is 24.0 Å². The second-order valence-corrected chi connectivity index (χ2v) is 4.82. The number of carbonyl (C=O) groups excluding carboxylic acids is 1. The van der Waals surface area contributed by atoms with Gasteiger partial charge in [0.15, 0.2) is 0 Å². The summed E-state index contributed by atoms with van der Waals surface area (Å²) in [5.41, 5.74) is 1.33. The second kappa shape index (κ2) is 4.37. The molecule has 2 rings (SSSR count). The number of thiol groups is 1. The highest BCUT2D eigenvalue weighted by Crippen LogP contribution is 2.28. The van der Waals surface area contributed by atoms with E-state index in [0.717, 1.165) is 0 Å². The molecule has 6 heteroatoms. The Morgan fingerprint density at radius 1 is 1.53 bits per heavy atom. The van der Waals surface area contributed by atoms with Crippen LogP contribution in [0.5, 0.6) is 0 Å². The van der Waals surface area contributed by atoms with Gasteiger partial charge in [-0.25, -0.2) is 0 Å². The fourth-order valence-electron chi connectivity index (χ4n) is 1.95. The van der Waals surface area contributed by atoms with Gasteiger partial charge in [-0.15, -0.1) is 0 Å². The van der Waals surface area contributed by atoms with Gasteiger partial charge in [-0.2, -0.15) is 12.6 Å². The molecule has 1 aliphatic heterocycles. The minimum atomic E-state index is -0.424. The predicted molar refractivity (Wildman–Crippen MR) is 67.6 cm³/mol. The van der Waals surface area contributed by atoms with Gasteiger partial charge in [0, 0.05) is 35.5 Å². The van der Waals surface area contributed by atoms with Crippen LogP contribution in [-0.2, 0) is 4.79 Å². The van der Waals surface area contributed by atoms with Crippen molar-refractivity contribution >= 4 is 29.9 Å². The zero-order chi connectivity index (χ0) is 12.6. The third kappa shape index (κ3) is 2.26. The summed E-state index contributed by atoms with van der Waals surface area (Å²) in [6, 6.07) is 4.71. The van der Waals surface area contributed by atoms with Crippen LogP contribution in [0.1, 0.15) is 12.0 Å². The van der Waals surface area contributed by atoms with Gasteiger partial charge in [0.2, 0.25) is 5.91 Å². The predicted octanol–water partition coefficient (Wildman–Crippen LogP) is 1.94. The number of benzene rings is 1. The van der Waals surface area contributed by atoms with Crippen molar-refractivity contribution in [1.29, 1.82) is 0 Å². The van der Waals surface area contributed by atoms with Crippen LogP contribution in [0.4, 0.5) is 11.4 Å². The second-order valence-electron chi connectivity index (χ2n) is 4.09. The van der Waals surface area contributed by atoms with E-state index in [2.05, 4.69) is 12.6 Å². The molecule has 1 aliphatic rings. The number of nitro benzene ring substituents is 1. The molecule has 0 radical (unpaired) electrons. The van der Waals surface area contributed by atoms with Crippen LogP contribution in [0.3, 0.4) is 0 Å². The lowest BCUT2D eigenvalue weighted by Crippen LogP contribution is -2.24. The normalized spacial score (nSPS) is 19.8. The van der Waals surface area contributed by atoms with E-state index in [-0.39, 0.29) is 16.8 Å². The van der Waals surface area contributed by atoms with Crippen LogP contribution in [0.25, 0.3) is 0 Å². The molecule has 17 heavy (non-hydrogen) atoms. The molecule has 1 heterocycles. The van der Waals surface area contributed by atoms with Crippen molar-refractivity contribution in [3.63, 3.8) is 0 Å². The molecule has 0 spiro atoms. The Kier molecular flexibility index (Phi) is 3.06. The van der Waals surface area contributed by atoms with Crippen LogP contribution in [0.15, 0.2) is 18.2 Å². The zero-order valence-corrected chi connectivity index (χ0v) is 10.2. The quantitative estimate of drug-likeness (QED) is 0.497. The van der Waals surface area contributed by atoms with Crippen molar-refractivity contribution in [3.8, 4) is 0 Å². The van der Waals surface area contributed by atoms with Crippen LogP contribution in [0.2, 0.25) is 0 Å². The van der Waals surface area contributed by atoms with E-state index < -0.39 is 4.92 Å². The lowest BCUT2D eigenvalue weighted by Gasteiger charge is -2.16. The van der Waals surface area contributed by atoms with Crippen molar-refractivity contribution in [2.75, 3.05) is 11.4 Å². The highest BCUT2D eigenvalue weighted by atomic mass is 32.1. The summed E-state index contributed by atoms with van der Waals surface area (Å²) < 4.78 is 0. The van der Waals surface area contributed by atoms with Crippen LogP contribution >= 0.6 is 12.6 Å². The maximum absolute atomic E-state index is 11.7. The van der Waals surface area contributed by atoms with Gasteiger partial charge in [0.1, 0.15) is 0 Å². The molecule has 0 N–H and O–H groups in total. The van der Waals surface area contributed by atoms with Crippen LogP contribution < -0.4 is 4.90 Å². The first-order valence-corrected chi connectivity index (χ1v) is 5.74. The Labute approximate surface area is 104 Å². The topological polar surface area (TPSA) is 63.5 Å². The highest BCUT2D eigenvalue weighted by molar-refractivity contribution is 7.81. The largest absolute Gasteiger partial charge is 0.311 e. The molecule has 0 aromatic heterocycles. The maximum Gasteiger partial charge on any atom is 0.272 e. The molecule has 1 aromatic carbocycles. The van der Waals surface area contributed by atoms with Gasteiger partial charge in [0.05, 0.1) is 4.92 Å². The Balaban J connectivity index is 2.32. The summed E-state index contributed by atoms with van der Waals surface area (Å²) in [7, 11) is 0. The molecule has 0 bridgehead atoms. The first-order valence-electron chi connectivity index (χ1n) is 5.22. The van der Waals surface area contributed by atoms with Crippen LogP contribution in [0, 0.1) is 17.0 Å². The zero-order valence-electron chi connectivity index (χ0n) is 9.29. The molecule has 0 saturated carbocycles. The van der Waals surface area contributed by atoms with Crippen LogP contribution in [-0.4, -0.2) is 22.6 Å². The summed E-state index contributed by atoms with van der Waals surface area (Å²) in [6.45, 7) is 2.22. The van der Waals surface area contributed by atoms with Gasteiger partial charge in [-0.1, -0.05) is 0 Å². The minimum Gasteiger partial charge on any atom is -0.311 e. The highest BCUT2D eigenvalue weighted by Gasteiger charge is 2.28. The lowest BCUT2D eigenvalue weighted by molar-refractivity contribution is -0.385. The number of aryl methyl sites for hydroxylation is 1. The average molecular weight is 252 g/mol. The van der Waals surface area contributed by atoms with E-state index in [9.17, 15) is 14.9 Å². The Bertz CT molecular complexity index is 490. The monoisotopic (exact) mass is 252 g/mol. The van der Waals surface area contributed by atoms with Gasteiger partial charge in [-0.3, -0.25) is 14.9 Å². The molecule has 90 valence electrons. The number of rotatable bonds is 2. The molecular weight excluding hydrogens is 240 g/mol. The molecule has 1 unspecified atom stereocenters. The summed E-state index contributed by atoms with van der Waals surface area (Å²) in [6.07, 6.45) is 0.416. The average Bonchev–Trinajstić information content (AvgIpc) is 2.57. The molecule has 5 nitrogen and oxygen atoms in total. The number of nitro groups is 1. The Morgan fingerprint density at radius 2 is 2.24 bits per heavy atom. The smallest absolute Gasteiger partial charge is 0.272 e. The summed E-state index contributed by atoms with van der Waals surface area (Å²) in [5, 5.41) is 10.7. The Hall–Kier alpha value is -1.56. The Morgan fingerprint density at radius 3 is 2.71 bits per heavy atom. The molecule has 1 saturated heterocycles. The number of amides is 1. The van der Waals surface area contributed by atoms with Gasteiger partial charge < -0.3 is 4.90 Å². The number of anilines is 1. The molecule has 1 amide bonds. The van der Waals surface area contributed by atoms with E-state index in [1.807, 2.05) is 0 Å². The first kappa shape index (κ1) is 11.9. The molecule has 0 aliphatic carbocycles. The van der Waals surface area contributed by atoms with Gasteiger partial charge in [-0.05, 0) is 19.1 Å². The summed E-state index contributed by atoms with van der Waals surface area (Å²) >= 11 is 4.27. The van der Waals surface area contributed by atoms with E-state index in [1.165, 1.54) is 6.07 Å². The number of hydrogen-bond donors (Lipinski definition) is 1. The molecule has 1 fully saturated rings. The van der Waals surface area contributed by atoms with Crippen molar-refractivity contribution in [3.05, 3.63) is 33.9 Å². The van der Waals surface area contributed by atoms with Crippen molar-refractivity contribution < 1.29 is 9.72 Å². The number of carbonyl (C=O) groups is 1. The number of hydrogen-bond acceptors (Lipinski definition) is 4. The molecule has 1 atom stereocenters. The molecule has 1 aromatic rings. The number of nitrogens with zero attached hydrogens (tertiary/aromatic N) is 2. The van der Waals surface area contributed by atoms with Crippen molar-refractivity contribution in [2.45, 2.75) is 18.6 Å². The first-order chi connectivity index (χ1) is 7.99. The van der Waals surface area contributed by atoms with E-state index in [0.29, 0.717) is 24.2 Å². The fraction of sp³-hybridized carbons (Fsp3) is 0.364. The lowest BCUT2D eigenvalue weighted by atomic mass is 10.1. The van der Waals surface area contributed by atoms with Gasteiger partial charge >= 0.3 is 0 Å². The van der Waals surface area contributed by atoms with E-state index in [4.69, 9.17) is 0 Å². The van der Waals surface area contributed by atoms with Crippen molar-refractivity contribution in [2.24, 2.45) is 0 Å². The standard InChI is InChI=1S/C11H12N2O3S/c1-7-4-8(2-3-10(7)13(15)16)12-6-9(17)5-11(12)14/h2-4,9,17H,5-6H2,1H3. The minimum absolute atomic E-state index is 0.0123. The fourth-order valence-corrected chi connectivity index (χ4v) is 2.27. The molecular formula is C11H12N2O3S. The van der Waals surface area contributed by atoms with Gasteiger partial charge in [0.25, 0.3) is 5.69 Å².